The Labute approximate surface area is 187 Å². The number of halogens is 2. The van der Waals surface area contributed by atoms with Crippen LogP contribution < -0.4 is 19.7 Å². The number of fused-ring (bicyclic) bond motifs is 2. The molecule has 1 N–H and O–H groups in total. The smallest absolute Gasteiger partial charge is 0.264 e. The molecular formula is C22H22F2N4O3S. The van der Waals surface area contributed by atoms with Crippen LogP contribution in [0.5, 0.6) is 11.5 Å². The van der Waals surface area contributed by atoms with Crippen LogP contribution in [0.3, 0.4) is 0 Å². The molecule has 1 aromatic heterocycles. The summed E-state index contributed by atoms with van der Waals surface area (Å²) in [6, 6.07) is 9.47. The van der Waals surface area contributed by atoms with E-state index in [-0.39, 0.29) is 18.0 Å². The number of ether oxygens (including phenoxy) is 2. The summed E-state index contributed by atoms with van der Waals surface area (Å²) in [5.41, 5.74) is 0.216. The topological polar surface area (TPSA) is 66.9 Å². The van der Waals surface area contributed by atoms with Crippen LogP contribution in [0.15, 0.2) is 36.4 Å². The summed E-state index contributed by atoms with van der Waals surface area (Å²) in [6.45, 7) is 4.45. The Morgan fingerprint density at radius 2 is 1.94 bits per heavy atom. The van der Waals surface area contributed by atoms with Gasteiger partial charge >= 0.3 is 0 Å². The van der Waals surface area contributed by atoms with Gasteiger partial charge in [0.05, 0.1) is 4.70 Å². The van der Waals surface area contributed by atoms with E-state index in [0.717, 1.165) is 32.2 Å². The highest BCUT2D eigenvalue weighted by Crippen LogP contribution is 2.32. The van der Waals surface area contributed by atoms with Gasteiger partial charge in [0.1, 0.15) is 17.9 Å². The predicted molar refractivity (Wildman–Crippen MR) is 118 cm³/mol. The van der Waals surface area contributed by atoms with Crippen molar-refractivity contribution in [1.82, 2.24) is 15.2 Å². The number of carbonyl (C=O) groups excluding carboxylic acids is 1. The summed E-state index contributed by atoms with van der Waals surface area (Å²) in [4.78, 5) is 21.1. The van der Waals surface area contributed by atoms with E-state index in [1.165, 1.54) is 17.4 Å². The molecule has 168 valence electrons. The van der Waals surface area contributed by atoms with Gasteiger partial charge in [-0.05, 0) is 18.2 Å². The van der Waals surface area contributed by atoms with Gasteiger partial charge in [-0.1, -0.05) is 23.5 Å². The number of hydrogen-bond acceptors (Lipinski definition) is 7. The number of aromatic nitrogens is 1. The lowest BCUT2D eigenvalue weighted by Gasteiger charge is -2.34. The molecule has 0 spiro atoms. The minimum atomic E-state index is -0.661. The molecular weight excluding hydrogens is 438 g/mol. The van der Waals surface area contributed by atoms with Crippen LogP contribution in [0.2, 0.25) is 0 Å². The van der Waals surface area contributed by atoms with Crippen LogP contribution >= 0.6 is 11.3 Å². The number of piperazine rings is 1. The Hall–Kier alpha value is -2.98. The lowest BCUT2D eigenvalue weighted by Crippen LogP contribution is -2.50. The molecule has 0 aliphatic carbocycles. The van der Waals surface area contributed by atoms with Crippen LogP contribution in [-0.2, 0) is 4.79 Å². The van der Waals surface area contributed by atoms with Crippen molar-refractivity contribution in [2.24, 2.45) is 0 Å². The van der Waals surface area contributed by atoms with Crippen molar-refractivity contribution in [3.63, 3.8) is 0 Å². The molecule has 1 saturated heterocycles. The monoisotopic (exact) mass is 460 g/mol. The zero-order valence-electron chi connectivity index (χ0n) is 17.2. The fraction of sp³-hybridized carbons (Fsp3) is 0.364. The second-order valence-electron chi connectivity index (χ2n) is 7.71. The van der Waals surface area contributed by atoms with Gasteiger partial charge in [0, 0.05) is 45.3 Å². The molecule has 7 nitrogen and oxygen atoms in total. The van der Waals surface area contributed by atoms with Gasteiger partial charge in [-0.3, -0.25) is 9.69 Å². The fourth-order valence-corrected chi connectivity index (χ4v) is 4.90. The van der Waals surface area contributed by atoms with E-state index in [1.807, 2.05) is 18.2 Å². The van der Waals surface area contributed by atoms with Gasteiger partial charge in [-0.2, -0.15) is 0 Å². The molecule has 5 rings (SSSR count). The molecule has 2 aliphatic heterocycles. The van der Waals surface area contributed by atoms with Crippen molar-refractivity contribution in [1.29, 1.82) is 0 Å². The number of nitrogens with one attached hydrogen (secondary N) is 1. The minimum absolute atomic E-state index is 0.189. The highest BCUT2D eigenvalue weighted by atomic mass is 32.1. The average molecular weight is 461 g/mol. The molecule has 1 fully saturated rings. The molecule has 0 bridgehead atoms. The summed E-state index contributed by atoms with van der Waals surface area (Å²) in [5.74, 6) is -0.191. The summed E-state index contributed by atoms with van der Waals surface area (Å²) in [7, 11) is 0. The van der Waals surface area contributed by atoms with Crippen LogP contribution in [0.4, 0.5) is 13.9 Å². The van der Waals surface area contributed by atoms with Gasteiger partial charge in [-0.15, -0.1) is 0 Å². The maximum atomic E-state index is 13.9. The maximum Gasteiger partial charge on any atom is 0.264 e. The summed E-state index contributed by atoms with van der Waals surface area (Å²) in [6.07, 6.45) is -0.661. The lowest BCUT2D eigenvalue weighted by molar-refractivity contribution is -0.130. The number of hydrogen-bond donors (Lipinski definition) is 1. The van der Waals surface area contributed by atoms with E-state index in [4.69, 9.17) is 9.47 Å². The Kier molecular flexibility index (Phi) is 5.79. The summed E-state index contributed by atoms with van der Waals surface area (Å²) in [5, 5.41) is 3.62. The first-order valence-electron chi connectivity index (χ1n) is 10.5. The van der Waals surface area contributed by atoms with Crippen molar-refractivity contribution in [2.45, 2.75) is 6.10 Å². The number of para-hydroxylation sites is 2. The number of anilines is 1. The lowest BCUT2D eigenvalue weighted by atomic mass is 10.2. The third-order valence-corrected chi connectivity index (χ3v) is 6.64. The van der Waals surface area contributed by atoms with Crippen LogP contribution in [-0.4, -0.2) is 67.8 Å². The van der Waals surface area contributed by atoms with Crippen molar-refractivity contribution in [3.8, 4) is 11.5 Å². The Bertz CT molecular complexity index is 1130. The SMILES string of the molecule is O=C(NCCN1CCN(c2nc3c(F)cc(F)cc3s2)CC1)C1COc2ccccc2O1. The number of rotatable bonds is 5. The summed E-state index contributed by atoms with van der Waals surface area (Å²) >= 11 is 1.30. The van der Waals surface area contributed by atoms with E-state index in [9.17, 15) is 13.6 Å². The van der Waals surface area contributed by atoms with E-state index >= 15 is 0 Å². The number of amides is 1. The molecule has 1 amide bonds. The highest BCUT2D eigenvalue weighted by molar-refractivity contribution is 7.22. The Morgan fingerprint density at radius 1 is 1.16 bits per heavy atom. The third kappa shape index (κ3) is 4.33. The normalized spacial score (nSPS) is 18.7. The largest absolute Gasteiger partial charge is 0.485 e. The zero-order chi connectivity index (χ0) is 22.1. The van der Waals surface area contributed by atoms with Crippen molar-refractivity contribution >= 4 is 32.6 Å². The molecule has 3 aromatic rings. The molecule has 10 heteroatoms. The second kappa shape index (κ2) is 8.87. The first-order chi connectivity index (χ1) is 15.6. The molecule has 0 radical (unpaired) electrons. The van der Waals surface area contributed by atoms with Crippen LogP contribution in [0.1, 0.15) is 0 Å². The second-order valence-corrected chi connectivity index (χ2v) is 8.72. The quantitative estimate of drug-likeness (QED) is 0.632. The predicted octanol–water partition coefficient (Wildman–Crippen LogP) is 2.65. The van der Waals surface area contributed by atoms with Crippen LogP contribution in [0, 0.1) is 11.6 Å². The van der Waals surface area contributed by atoms with Gasteiger partial charge in [0.25, 0.3) is 5.91 Å². The number of thiazole rings is 1. The van der Waals surface area contributed by atoms with E-state index in [0.29, 0.717) is 34.4 Å². The van der Waals surface area contributed by atoms with E-state index in [1.54, 1.807) is 6.07 Å². The average Bonchev–Trinajstić information content (AvgIpc) is 3.23. The standard InChI is InChI=1S/C22H22F2N4O3S/c23-14-11-15(24)20-19(12-14)32-22(26-20)28-9-7-27(8-10-28)6-5-25-21(29)18-13-30-16-3-1-2-4-17(16)31-18/h1-4,11-12,18H,5-10,13H2,(H,25,29). The Balaban J connectivity index is 1.08. The molecule has 32 heavy (non-hydrogen) atoms. The first-order valence-corrected chi connectivity index (χ1v) is 11.3. The Morgan fingerprint density at radius 3 is 2.75 bits per heavy atom. The van der Waals surface area contributed by atoms with Crippen molar-refractivity contribution in [3.05, 3.63) is 48.0 Å². The minimum Gasteiger partial charge on any atom is -0.485 e. The summed E-state index contributed by atoms with van der Waals surface area (Å²) < 4.78 is 39.2. The fourth-order valence-electron chi connectivity index (χ4n) is 3.84. The van der Waals surface area contributed by atoms with E-state index in [2.05, 4.69) is 20.1 Å². The third-order valence-electron chi connectivity index (χ3n) is 5.57. The number of carbonyl (C=O) groups is 1. The van der Waals surface area contributed by atoms with Gasteiger partial charge in [0.2, 0.25) is 6.10 Å². The number of nitrogens with zero attached hydrogens (tertiary/aromatic N) is 3. The van der Waals surface area contributed by atoms with Crippen molar-refractivity contribution < 1.29 is 23.0 Å². The van der Waals surface area contributed by atoms with Crippen LogP contribution in [0.25, 0.3) is 10.2 Å². The first kappa shape index (κ1) is 20.9. The molecule has 2 aliphatic rings. The maximum absolute atomic E-state index is 13.9. The molecule has 1 unspecified atom stereocenters. The van der Waals surface area contributed by atoms with Crippen molar-refractivity contribution in [2.75, 3.05) is 50.8 Å². The van der Waals surface area contributed by atoms with Gasteiger partial charge in [-0.25, -0.2) is 13.8 Å². The molecule has 3 heterocycles. The molecule has 2 aromatic carbocycles. The molecule has 1 atom stereocenters. The van der Waals surface area contributed by atoms with Gasteiger partial charge < -0.3 is 19.7 Å². The van der Waals surface area contributed by atoms with Gasteiger partial charge in [0.15, 0.2) is 22.4 Å². The van der Waals surface area contributed by atoms with E-state index < -0.39 is 17.7 Å². The highest BCUT2D eigenvalue weighted by Gasteiger charge is 2.27. The zero-order valence-corrected chi connectivity index (χ0v) is 18.0. The number of benzene rings is 2. The molecule has 0 saturated carbocycles.